The summed E-state index contributed by atoms with van der Waals surface area (Å²) in [6.07, 6.45) is 10.4. The highest BCUT2D eigenvalue weighted by Gasteiger charge is 2.20. The topological polar surface area (TPSA) is 104 Å². The van der Waals surface area contributed by atoms with Crippen LogP contribution in [0.3, 0.4) is 0 Å². The Labute approximate surface area is 235 Å². The van der Waals surface area contributed by atoms with E-state index in [2.05, 4.69) is 44.9 Å². The number of para-hydroxylation sites is 1. The van der Waals surface area contributed by atoms with Crippen molar-refractivity contribution in [2.24, 2.45) is 0 Å². The second-order valence-electron chi connectivity index (χ2n) is 9.91. The van der Waals surface area contributed by atoms with Gasteiger partial charge in [-0.2, -0.15) is 0 Å². The number of amides is 2. The molecular formula is C33H36N4O3. The van der Waals surface area contributed by atoms with Crippen molar-refractivity contribution >= 4 is 34.6 Å². The van der Waals surface area contributed by atoms with E-state index in [4.69, 9.17) is 0 Å². The van der Waals surface area contributed by atoms with Gasteiger partial charge in [0, 0.05) is 48.0 Å². The lowest BCUT2D eigenvalue weighted by Crippen LogP contribution is -2.46. The van der Waals surface area contributed by atoms with Gasteiger partial charge in [-0.25, -0.2) is 0 Å². The molecule has 1 atom stereocenters. The lowest BCUT2D eigenvalue weighted by molar-refractivity contribution is -0.127. The lowest BCUT2D eigenvalue weighted by atomic mass is 10.0. The number of nitrogens with zero attached hydrogens (tertiary/aromatic N) is 1. The maximum Gasteiger partial charge on any atom is 0.244 e. The summed E-state index contributed by atoms with van der Waals surface area (Å²) >= 11 is 0. The third kappa shape index (κ3) is 8.24. The van der Waals surface area contributed by atoms with Crippen molar-refractivity contribution in [3.63, 3.8) is 0 Å². The van der Waals surface area contributed by atoms with Crippen LogP contribution in [0.2, 0.25) is 0 Å². The molecule has 206 valence electrons. The number of carbonyl (C=O) groups excluding carboxylic acids is 3. The Bertz CT molecular complexity index is 1440. The first-order chi connectivity index (χ1) is 19.5. The summed E-state index contributed by atoms with van der Waals surface area (Å²) in [5.41, 5.74) is 5.14. The fourth-order valence-corrected chi connectivity index (χ4v) is 4.78. The van der Waals surface area contributed by atoms with E-state index in [1.165, 1.54) is 6.08 Å². The van der Waals surface area contributed by atoms with Gasteiger partial charge in [0.2, 0.25) is 11.8 Å². The Morgan fingerprint density at radius 2 is 1.75 bits per heavy atom. The van der Waals surface area contributed by atoms with Crippen molar-refractivity contribution < 1.29 is 14.4 Å². The zero-order valence-corrected chi connectivity index (χ0v) is 22.9. The molecule has 4 aromatic rings. The summed E-state index contributed by atoms with van der Waals surface area (Å²) in [4.78, 5) is 44.8. The van der Waals surface area contributed by atoms with Crippen molar-refractivity contribution in [3.05, 3.63) is 96.3 Å². The maximum absolute atomic E-state index is 13.3. The number of rotatable bonds is 14. The van der Waals surface area contributed by atoms with Crippen molar-refractivity contribution in [1.82, 2.24) is 20.6 Å². The van der Waals surface area contributed by atoms with Crippen molar-refractivity contribution in [3.8, 4) is 11.3 Å². The second kappa shape index (κ2) is 14.6. The first kappa shape index (κ1) is 28.5. The van der Waals surface area contributed by atoms with Crippen molar-refractivity contribution in [2.75, 3.05) is 6.54 Å². The zero-order chi connectivity index (χ0) is 28.2. The number of hydrogen-bond donors (Lipinski definition) is 3. The van der Waals surface area contributed by atoms with Crippen LogP contribution in [0.4, 0.5) is 0 Å². The number of Topliss-reactive ketones (excluding diaryl/α,β-unsaturated/α-hetero) is 1. The number of hydrogen-bond acceptors (Lipinski definition) is 4. The molecule has 4 rings (SSSR count). The number of unbranched alkanes of at least 4 members (excludes halogenated alkanes) is 2. The van der Waals surface area contributed by atoms with Crippen molar-refractivity contribution in [1.29, 1.82) is 0 Å². The van der Waals surface area contributed by atoms with E-state index in [9.17, 15) is 14.4 Å². The molecule has 7 heteroatoms. The van der Waals surface area contributed by atoms with Crippen LogP contribution < -0.4 is 10.6 Å². The average molecular weight is 537 g/mol. The molecule has 0 spiro atoms. The minimum absolute atomic E-state index is 0.162. The van der Waals surface area contributed by atoms with Crippen LogP contribution >= 0.6 is 0 Å². The van der Waals surface area contributed by atoms with Gasteiger partial charge in [0.25, 0.3) is 0 Å². The highest BCUT2D eigenvalue weighted by molar-refractivity contribution is 5.95. The lowest BCUT2D eigenvalue weighted by Gasteiger charge is -2.18. The van der Waals surface area contributed by atoms with Crippen LogP contribution in [-0.2, 0) is 20.8 Å². The van der Waals surface area contributed by atoms with Gasteiger partial charge in [-0.3, -0.25) is 14.6 Å². The second-order valence-corrected chi connectivity index (χ2v) is 9.91. The summed E-state index contributed by atoms with van der Waals surface area (Å²) in [6.45, 7) is 2.02. The minimum Gasteiger partial charge on any atom is -0.354 e. The van der Waals surface area contributed by atoms with E-state index in [1.54, 1.807) is 31.5 Å². The fourth-order valence-electron chi connectivity index (χ4n) is 4.78. The van der Waals surface area contributed by atoms with Crippen molar-refractivity contribution in [2.45, 2.75) is 51.5 Å². The summed E-state index contributed by atoms with van der Waals surface area (Å²) in [5.74, 6) is -0.387. The molecule has 2 aromatic carbocycles. The van der Waals surface area contributed by atoms with Gasteiger partial charge in [-0.05, 0) is 61.1 Å². The van der Waals surface area contributed by atoms with Gasteiger partial charge in [0.05, 0.1) is 0 Å². The molecule has 0 aliphatic rings. The van der Waals surface area contributed by atoms with Gasteiger partial charge in [-0.1, -0.05) is 67.4 Å². The Kier molecular flexibility index (Phi) is 10.4. The molecular weight excluding hydrogens is 500 g/mol. The highest BCUT2D eigenvalue weighted by Crippen LogP contribution is 2.30. The molecule has 2 aromatic heterocycles. The number of benzene rings is 2. The molecule has 3 N–H and O–H groups in total. The van der Waals surface area contributed by atoms with E-state index in [0.717, 1.165) is 52.5 Å². The molecule has 2 heterocycles. The van der Waals surface area contributed by atoms with Crippen LogP contribution in [0.1, 0.15) is 50.2 Å². The fraction of sp³-hybridized carbons (Fsp3) is 0.273. The summed E-state index contributed by atoms with van der Waals surface area (Å²) in [6, 6.07) is 21.3. The third-order valence-corrected chi connectivity index (χ3v) is 6.82. The van der Waals surface area contributed by atoms with Crippen LogP contribution in [0.25, 0.3) is 28.2 Å². The average Bonchev–Trinajstić information content (AvgIpc) is 3.34. The van der Waals surface area contributed by atoms with Gasteiger partial charge in [0.15, 0.2) is 0 Å². The number of fused-ring (bicyclic) bond motifs is 1. The summed E-state index contributed by atoms with van der Waals surface area (Å²) < 4.78 is 0. The number of aromatic amines is 1. The predicted octanol–water partition coefficient (Wildman–Crippen LogP) is 5.63. The molecule has 0 radical (unpaired) electrons. The van der Waals surface area contributed by atoms with Gasteiger partial charge in [-0.15, -0.1) is 0 Å². The Balaban J connectivity index is 1.41. The van der Waals surface area contributed by atoms with Gasteiger partial charge in [0.1, 0.15) is 11.8 Å². The standard InChI is InChI=1S/C33H36N4O3/c1-24(38)11-4-2-7-17-30(36-31(39)19-18-25-12-10-21-34-23-25)33(40)35-22-20-28-27-15-8-9-16-29(27)37-32(28)26-13-5-3-6-14-26/h3,5-6,8-10,12-16,18-19,21,23,30,37H,2,4,7,11,17,20,22H2,1H3,(H,35,40)(H,36,39)/b19-18+/t30-/m0/s1. The molecule has 0 fully saturated rings. The van der Waals surface area contributed by atoms with E-state index in [-0.39, 0.29) is 17.6 Å². The first-order valence-corrected chi connectivity index (χ1v) is 13.8. The Morgan fingerprint density at radius 1 is 0.950 bits per heavy atom. The number of aromatic nitrogens is 2. The summed E-state index contributed by atoms with van der Waals surface area (Å²) in [7, 11) is 0. The molecule has 2 amide bonds. The quantitative estimate of drug-likeness (QED) is 0.144. The molecule has 0 aliphatic carbocycles. The summed E-state index contributed by atoms with van der Waals surface area (Å²) in [5, 5.41) is 7.04. The molecule has 0 saturated heterocycles. The molecule has 40 heavy (non-hydrogen) atoms. The molecule has 0 bridgehead atoms. The molecule has 7 nitrogen and oxygen atoms in total. The monoisotopic (exact) mass is 536 g/mol. The Hall–Kier alpha value is -4.52. The largest absolute Gasteiger partial charge is 0.354 e. The van der Waals surface area contributed by atoms with Crippen LogP contribution in [0.5, 0.6) is 0 Å². The number of H-pyrrole nitrogens is 1. The SMILES string of the molecule is CC(=O)CCCCC[C@H](NC(=O)/C=C/c1cccnc1)C(=O)NCCc1c(-c2ccccc2)[nH]c2ccccc12. The number of carbonyl (C=O) groups is 3. The highest BCUT2D eigenvalue weighted by atomic mass is 16.2. The van der Waals surface area contributed by atoms with E-state index < -0.39 is 6.04 Å². The van der Waals surface area contributed by atoms with Gasteiger partial charge >= 0.3 is 0 Å². The van der Waals surface area contributed by atoms with Crippen LogP contribution in [0, 0.1) is 0 Å². The number of pyridine rings is 1. The van der Waals surface area contributed by atoms with E-state index in [0.29, 0.717) is 25.8 Å². The third-order valence-electron chi connectivity index (χ3n) is 6.82. The minimum atomic E-state index is -0.667. The van der Waals surface area contributed by atoms with Crippen LogP contribution in [0.15, 0.2) is 85.2 Å². The van der Waals surface area contributed by atoms with Gasteiger partial charge < -0.3 is 20.4 Å². The number of ketones is 1. The van der Waals surface area contributed by atoms with E-state index in [1.807, 2.05) is 36.4 Å². The van der Waals surface area contributed by atoms with E-state index >= 15 is 0 Å². The predicted molar refractivity (Wildman–Crippen MR) is 159 cm³/mol. The molecule has 0 unspecified atom stereocenters. The normalized spacial score (nSPS) is 11.9. The smallest absolute Gasteiger partial charge is 0.244 e. The molecule has 0 saturated carbocycles. The molecule has 0 aliphatic heterocycles. The van der Waals surface area contributed by atoms with Crippen LogP contribution in [-0.4, -0.2) is 40.2 Å². The Morgan fingerprint density at radius 3 is 2.52 bits per heavy atom. The number of nitrogens with one attached hydrogen (secondary N) is 3. The maximum atomic E-state index is 13.3. The first-order valence-electron chi connectivity index (χ1n) is 13.8. The zero-order valence-electron chi connectivity index (χ0n) is 22.9.